The zero-order valence-corrected chi connectivity index (χ0v) is 26.0. The number of nitrogens with one attached hydrogen (secondary N) is 1. The number of carbonyl (C=O) groups excluding carboxylic acids is 1. The van der Waals surface area contributed by atoms with Crippen LogP contribution in [0.2, 0.25) is 0 Å². The highest BCUT2D eigenvalue weighted by Gasteiger charge is 2.30. The lowest BCUT2D eigenvalue weighted by Crippen LogP contribution is -2.31. The number of carbonyl (C=O) groups is 1. The monoisotopic (exact) mass is 581 g/mol. The van der Waals surface area contributed by atoms with Crippen molar-refractivity contribution in [2.75, 3.05) is 30.6 Å². The first-order valence-electron chi connectivity index (χ1n) is 14.7. The van der Waals surface area contributed by atoms with E-state index in [0.29, 0.717) is 18.0 Å². The molecule has 2 aromatic heterocycles. The maximum absolute atomic E-state index is 13.7. The summed E-state index contributed by atoms with van der Waals surface area (Å²) in [5, 5.41) is 1.07. The highest BCUT2D eigenvalue weighted by Crippen LogP contribution is 2.39. The van der Waals surface area contributed by atoms with E-state index in [1.165, 1.54) is 41.9 Å². The third-order valence-corrected chi connectivity index (χ3v) is 10.4. The second-order valence-electron chi connectivity index (χ2n) is 12.9. The standard InChI is InChI=1S/C32H43N3O3S2/c1-32(2,3)26-11-12-28-24(18-26)17-25-21-30(39-31(25)33-28)29(36)20-23(13-16-35-14-6-5-7-15-35)22-9-8-10-27(19-22)34-40(4,37)38/h8-10,17,19,21,23,26,34H,5-7,11-16,18,20H2,1-4H3/t23-,26-/m0/s1. The Morgan fingerprint density at radius 2 is 1.93 bits per heavy atom. The van der Waals surface area contributed by atoms with Crippen molar-refractivity contribution in [1.82, 2.24) is 9.88 Å². The summed E-state index contributed by atoms with van der Waals surface area (Å²) < 4.78 is 26.3. The number of pyridine rings is 1. The summed E-state index contributed by atoms with van der Waals surface area (Å²) >= 11 is 1.52. The number of fused-ring (bicyclic) bond motifs is 2. The number of nitrogens with zero attached hydrogens (tertiary/aromatic N) is 2. The number of aromatic nitrogens is 1. The number of rotatable bonds is 9. The van der Waals surface area contributed by atoms with Crippen LogP contribution in [0.3, 0.4) is 0 Å². The summed E-state index contributed by atoms with van der Waals surface area (Å²) in [6, 6.07) is 11.9. The molecule has 5 rings (SSSR count). The molecule has 2 aliphatic rings. The van der Waals surface area contributed by atoms with Crippen molar-refractivity contribution < 1.29 is 13.2 Å². The highest BCUT2D eigenvalue weighted by molar-refractivity contribution is 7.92. The van der Waals surface area contributed by atoms with Gasteiger partial charge in [0.25, 0.3) is 0 Å². The lowest BCUT2D eigenvalue weighted by atomic mass is 9.71. The Morgan fingerprint density at radius 1 is 1.15 bits per heavy atom. The van der Waals surface area contributed by atoms with E-state index in [1.807, 2.05) is 24.3 Å². The van der Waals surface area contributed by atoms with Gasteiger partial charge in [0.1, 0.15) is 4.83 Å². The molecule has 1 N–H and O–H groups in total. The molecule has 1 aliphatic heterocycles. The van der Waals surface area contributed by atoms with Crippen LogP contribution in [0.15, 0.2) is 36.4 Å². The second-order valence-corrected chi connectivity index (χ2v) is 15.7. The fourth-order valence-electron chi connectivity index (χ4n) is 6.30. The summed E-state index contributed by atoms with van der Waals surface area (Å²) in [6.45, 7) is 10.1. The van der Waals surface area contributed by atoms with E-state index in [0.717, 1.165) is 72.2 Å². The van der Waals surface area contributed by atoms with Crippen LogP contribution in [-0.2, 0) is 22.9 Å². The quantitative estimate of drug-likeness (QED) is 0.274. The van der Waals surface area contributed by atoms with Gasteiger partial charge in [-0.25, -0.2) is 13.4 Å². The Morgan fingerprint density at radius 3 is 2.65 bits per heavy atom. The van der Waals surface area contributed by atoms with Crippen LogP contribution in [0.1, 0.15) is 91.7 Å². The summed E-state index contributed by atoms with van der Waals surface area (Å²) in [6.07, 6.45) is 9.39. The minimum absolute atomic E-state index is 0.00894. The van der Waals surface area contributed by atoms with Gasteiger partial charge in [-0.3, -0.25) is 9.52 Å². The zero-order valence-electron chi connectivity index (χ0n) is 24.3. The average Bonchev–Trinajstić information content (AvgIpc) is 3.31. The fourth-order valence-corrected chi connectivity index (χ4v) is 7.84. The first kappa shape index (κ1) is 29.2. The molecule has 6 nitrogen and oxygen atoms in total. The number of hydrogen-bond donors (Lipinski definition) is 1. The predicted molar refractivity (Wildman–Crippen MR) is 166 cm³/mol. The molecule has 0 amide bonds. The smallest absolute Gasteiger partial charge is 0.229 e. The van der Waals surface area contributed by atoms with Gasteiger partial charge in [-0.15, -0.1) is 11.3 Å². The molecule has 0 unspecified atom stereocenters. The third-order valence-electron chi connectivity index (χ3n) is 8.71. The topological polar surface area (TPSA) is 79.4 Å². The molecule has 2 atom stereocenters. The van der Waals surface area contributed by atoms with Crippen LogP contribution in [0.25, 0.3) is 10.2 Å². The maximum Gasteiger partial charge on any atom is 0.229 e. The lowest BCUT2D eigenvalue weighted by Gasteiger charge is -2.34. The Labute approximate surface area is 243 Å². The van der Waals surface area contributed by atoms with Crippen LogP contribution >= 0.6 is 11.3 Å². The average molecular weight is 582 g/mol. The first-order valence-corrected chi connectivity index (χ1v) is 17.4. The molecule has 8 heteroatoms. The van der Waals surface area contributed by atoms with Gasteiger partial charge in [-0.2, -0.15) is 0 Å². The largest absolute Gasteiger partial charge is 0.303 e. The maximum atomic E-state index is 13.7. The summed E-state index contributed by atoms with van der Waals surface area (Å²) in [5.74, 6) is 0.793. The van der Waals surface area contributed by atoms with Crippen LogP contribution in [0.5, 0.6) is 0 Å². The normalized spacial score (nSPS) is 19.4. The number of thiophene rings is 1. The highest BCUT2D eigenvalue weighted by atomic mass is 32.2. The summed E-state index contributed by atoms with van der Waals surface area (Å²) in [5.41, 5.74) is 4.36. The van der Waals surface area contributed by atoms with Crippen LogP contribution in [0.4, 0.5) is 5.69 Å². The molecule has 1 fully saturated rings. The number of benzene rings is 1. The van der Waals surface area contributed by atoms with E-state index < -0.39 is 10.0 Å². The first-order chi connectivity index (χ1) is 18.9. The van der Waals surface area contributed by atoms with Crippen LogP contribution in [0, 0.1) is 11.3 Å². The molecule has 216 valence electrons. The van der Waals surface area contributed by atoms with Crippen molar-refractivity contribution >= 4 is 43.0 Å². The molecule has 0 bridgehead atoms. The van der Waals surface area contributed by atoms with E-state index in [1.54, 1.807) is 6.07 Å². The van der Waals surface area contributed by atoms with Gasteiger partial charge >= 0.3 is 0 Å². The Bertz CT molecular complexity index is 1470. The molecule has 1 aromatic carbocycles. The van der Waals surface area contributed by atoms with Crippen molar-refractivity contribution in [2.45, 2.75) is 78.1 Å². The van der Waals surface area contributed by atoms with Crippen molar-refractivity contribution in [1.29, 1.82) is 0 Å². The van der Waals surface area contributed by atoms with E-state index in [9.17, 15) is 13.2 Å². The molecule has 3 heterocycles. The van der Waals surface area contributed by atoms with E-state index in [2.05, 4.69) is 36.5 Å². The third kappa shape index (κ3) is 7.31. The zero-order chi connectivity index (χ0) is 28.5. The molecule has 3 aromatic rings. The number of likely N-dealkylation sites (tertiary alicyclic amines) is 1. The second kappa shape index (κ2) is 11.9. The Balaban J connectivity index is 1.37. The van der Waals surface area contributed by atoms with Gasteiger partial charge in [0, 0.05) is 23.2 Å². The van der Waals surface area contributed by atoms with Crippen molar-refractivity contribution in [3.63, 3.8) is 0 Å². The lowest BCUT2D eigenvalue weighted by molar-refractivity contribution is 0.0973. The Kier molecular flexibility index (Phi) is 8.69. The minimum atomic E-state index is -3.38. The number of hydrogen-bond acceptors (Lipinski definition) is 6. The van der Waals surface area contributed by atoms with E-state index >= 15 is 0 Å². The number of Topliss-reactive ketones (excluding diaryl/α,β-unsaturated/α-hetero) is 1. The molecule has 1 saturated heterocycles. The van der Waals surface area contributed by atoms with E-state index in [-0.39, 0.29) is 17.1 Å². The number of ketones is 1. The molecule has 40 heavy (non-hydrogen) atoms. The SMILES string of the molecule is CC(C)(C)[C@H]1CCc2nc3sc(C(=O)C[C@H](CCN4CCCCC4)c4cccc(NS(C)(=O)=O)c4)cc3cc2C1. The molecular weight excluding hydrogens is 539 g/mol. The molecule has 0 saturated carbocycles. The van der Waals surface area contributed by atoms with Crippen molar-refractivity contribution in [3.05, 3.63) is 58.1 Å². The minimum Gasteiger partial charge on any atom is -0.303 e. The van der Waals surface area contributed by atoms with Crippen molar-refractivity contribution in [3.8, 4) is 0 Å². The van der Waals surface area contributed by atoms with Gasteiger partial charge in [-0.1, -0.05) is 39.3 Å². The molecular formula is C32H43N3O3S2. The van der Waals surface area contributed by atoms with Crippen molar-refractivity contribution in [2.24, 2.45) is 11.3 Å². The number of aryl methyl sites for hydroxylation is 1. The Hall–Kier alpha value is -2.29. The molecule has 0 radical (unpaired) electrons. The van der Waals surface area contributed by atoms with Gasteiger partial charge in [-0.05, 0) is 111 Å². The summed E-state index contributed by atoms with van der Waals surface area (Å²) in [4.78, 5) is 23.0. The predicted octanol–water partition coefficient (Wildman–Crippen LogP) is 7.05. The van der Waals surface area contributed by atoms with Crippen LogP contribution in [-0.4, -0.2) is 50.0 Å². The van der Waals surface area contributed by atoms with Crippen LogP contribution < -0.4 is 4.72 Å². The summed E-state index contributed by atoms with van der Waals surface area (Å²) in [7, 11) is -3.38. The number of anilines is 1. The number of sulfonamides is 1. The fraction of sp³-hybridized carbons (Fsp3) is 0.562. The molecule has 0 spiro atoms. The van der Waals surface area contributed by atoms with Gasteiger partial charge in [0.2, 0.25) is 10.0 Å². The number of piperidine rings is 1. The van der Waals surface area contributed by atoms with Gasteiger partial charge < -0.3 is 4.90 Å². The van der Waals surface area contributed by atoms with Gasteiger partial charge in [0.15, 0.2) is 5.78 Å². The van der Waals surface area contributed by atoms with Gasteiger partial charge in [0.05, 0.1) is 11.1 Å². The molecule has 1 aliphatic carbocycles. The van der Waals surface area contributed by atoms with E-state index in [4.69, 9.17) is 4.98 Å².